The fourth-order valence-electron chi connectivity index (χ4n) is 1.39. The number of alkyl halides is 3. The fourth-order valence-corrected chi connectivity index (χ4v) is 1.39. The number of hydrogen-bond donors (Lipinski definition) is 0. The fraction of sp³-hybridized carbons (Fsp3) is 0.917. The highest BCUT2D eigenvalue weighted by molar-refractivity contribution is 5.73. The molecule has 0 aromatic rings. The van der Waals surface area contributed by atoms with Crippen LogP contribution in [0.1, 0.15) is 53.4 Å². The molecule has 0 rings (SSSR count). The Morgan fingerprint density at radius 2 is 1.71 bits per heavy atom. The van der Waals surface area contributed by atoms with E-state index in [4.69, 9.17) is 4.74 Å². The van der Waals surface area contributed by atoms with E-state index in [1.807, 2.05) is 6.92 Å². The number of hydrogen-bond acceptors (Lipinski definition) is 2. The maximum absolute atomic E-state index is 12.7. The predicted molar refractivity (Wildman–Crippen MR) is 59.5 cm³/mol. The lowest BCUT2D eigenvalue weighted by atomic mass is 10.0. The third-order valence-corrected chi connectivity index (χ3v) is 2.18. The third kappa shape index (κ3) is 7.23. The number of halogens is 3. The topological polar surface area (TPSA) is 26.3 Å². The summed E-state index contributed by atoms with van der Waals surface area (Å²) in [6.45, 7) is 6.58. The van der Waals surface area contributed by atoms with Gasteiger partial charge in [0.15, 0.2) is 5.92 Å². The maximum Gasteiger partial charge on any atom is 0.402 e. The summed E-state index contributed by atoms with van der Waals surface area (Å²) in [6.07, 6.45) is -2.81. The Hall–Kier alpha value is -0.740. The Morgan fingerprint density at radius 1 is 1.18 bits per heavy atom. The van der Waals surface area contributed by atoms with Gasteiger partial charge in [-0.25, -0.2) is 0 Å². The summed E-state index contributed by atoms with van der Waals surface area (Å²) in [4.78, 5) is 11.5. The SMILES string of the molecule is CCCCCC(C(=O)OC(C)(C)C)C(F)(F)F. The molecule has 0 bridgehead atoms. The molecular formula is C12H21F3O2. The van der Waals surface area contributed by atoms with Crippen molar-refractivity contribution in [3.05, 3.63) is 0 Å². The minimum Gasteiger partial charge on any atom is -0.459 e. The number of carbonyl (C=O) groups excluding carboxylic acids is 1. The van der Waals surface area contributed by atoms with Gasteiger partial charge in [0.1, 0.15) is 5.60 Å². The minimum atomic E-state index is -4.52. The first-order valence-corrected chi connectivity index (χ1v) is 5.87. The van der Waals surface area contributed by atoms with Crippen LogP contribution in [0.25, 0.3) is 0 Å². The summed E-state index contributed by atoms with van der Waals surface area (Å²) < 4.78 is 42.8. The van der Waals surface area contributed by atoms with E-state index in [1.54, 1.807) is 20.8 Å². The van der Waals surface area contributed by atoms with Gasteiger partial charge in [-0.05, 0) is 27.2 Å². The Bertz CT molecular complexity index is 241. The first-order chi connectivity index (χ1) is 7.58. The third-order valence-electron chi connectivity index (χ3n) is 2.18. The number of ether oxygens (including phenoxy) is 1. The van der Waals surface area contributed by atoms with Crippen LogP contribution in [0.4, 0.5) is 13.2 Å². The number of carbonyl (C=O) groups is 1. The van der Waals surface area contributed by atoms with E-state index in [1.165, 1.54) is 0 Å². The van der Waals surface area contributed by atoms with Crippen molar-refractivity contribution in [3.8, 4) is 0 Å². The van der Waals surface area contributed by atoms with Gasteiger partial charge in [0.2, 0.25) is 0 Å². The van der Waals surface area contributed by atoms with Gasteiger partial charge in [-0.3, -0.25) is 4.79 Å². The molecule has 5 heteroatoms. The van der Waals surface area contributed by atoms with Crippen LogP contribution in [-0.4, -0.2) is 17.7 Å². The lowest BCUT2D eigenvalue weighted by Gasteiger charge is -2.25. The van der Waals surface area contributed by atoms with Gasteiger partial charge in [-0.15, -0.1) is 0 Å². The van der Waals surface area contributed by atoms with Crippen molar-refractivity contribution in [1.82, 2.24) is 0 Å². The zero-order valence-corrected chi connectivity index (χ0v) is 10.9. The highest BCUT2D eigenvalue weighted by atomic mass is 19.4. The molecule has 0 spiro atoms. The van der Waals surface area contributed by atoms with E-state index in [2.05, 4.69) is 0 Å². The van der Waals surface area contributed by atoms with E-state index in [0.29, 0.717) is 12.8 Å². The standard InChI is InChI=1S/C12H21F3O2/c1-5-6-7-8-9(12(13,14)15)10(16)17-11(2,3)4/h9H,5-8H2,1-4H3. The van der Waals surface area contributed by atoms with Crippen molar-refractivity contribution >= 4 is 5.97 Å². The maximum atomic E-state index is 12.7. The summed E-state index contributed by atoms with van der Waals surface area (Å²) in [7, 11) is 0. The molecule has 0 saturated heterocycles. The normalized spacial score (nSPS) is 14.5. The summed E-state index contributed by atoms with van der Waals surface area (Å²) in [5, 5.41) is 0. The average molecular weight is 254 g/mol. The molecule has 0 aromatic carbocycles. The lowest BCUT2D eigenvalue weighted by Crippen LogP contribution is -2.36. The molecule has 0 aliphatic heterocycles. The van der Waals surface area contributed by atoms with E-state index in [0.717, 1.165) is 6.42 Å². The van der Waals surface area contributed by atoms with Crippen LogP contribution in [0, 0.1) is 5.92 Å². The number of unbranched alkanes of at least 4 members (excludes halogenated alkanes) is 2. The van der Waals surface area contributed by atoms with Gasteiger partial charge in [0.05, 0.1) is 0 Å². The van der Waals surface area contributed by atoms with Crippen LogP contribution >= 0.6 is 0 Å². The molecule has 0 aliphatic rings. The van der Waals surface area contributed by atoms with Crippen molar-refractivity contribution in [3.63, 3.8) is 0 Å². The van der Waals surface area contributed by atoms with Crippen molar-refractivity contribution in [2.24, 2.45) is 5.92 Å². The molecule has 1 unspecified atom stereocenters. The Labute approximate surface area is 101 Å². The highest BCUT2D eigenvalue weighted by Crippen LogP contribution is 2.32. The second-order valence-electron chi connectivity index (χ2n) is 5.12. The van der Waals surface area contributed by atoms with Crippen molar-refractivity contribution in [1.29, 1.82) is 0 Å². The van der Waals surface area contributed by atoms with Crippen molar-refractivity contribution < 1.29 is 22.7 Å². The molecule has 0 saturated carbocycles. The van der Waals surface area contributed by atoms with Gasteiger partial charge in [-0.1, -0.05) is 26.2 Å². The molecule has 0 amide bonds. The smallest absolute Gasteiger partial charge is 0.402 e. The average Bonchev–Trinajstić information content (AvgIpc) is 2.06. The summed E-state index contributed by atoms with van der Waals surface area (Å²) >= 11 is 0. The number of esters is 1. The van der Waals surface area contributed by atoms with Gasteiger partial charge in [0, 0.05) is 0 Å². The molecule has 17 heavy (non-hydrogen) atoms. The van der Waals surface area contributed by atoms with Crippen molar-refractivity contribution in [2.45, 2.75) is 65.2 Å². The molecule has 0 aromatic heterocycles. The quantitative estimate of drug-likeness (QED) is 0.545. The molecule has 0 N–H and O–H groups in total. The monoisotopic (exact) mass is 254 g/mol. The van der Waals surface area contributed by atoms with Gasteiger partial charge < -0.3 is 4.74 Å². The molecule has 0 heterocycles. The van der Waals surface area contributed by atoms with Crippen LogP contribution in [0.15, 0.2) is 0 Å². The molecule has 2 nitrogen and oxygen atoms in total. The van der Waals surface area contributed by atoms with Crippen LogP contribution in [-0.2, 0) is 9.53 Å². The van der Waals surface area contributed by atoms with Crippen LogP contribution in [0.2, 0.25) is 0 Å². The lowest BCUT2D eigenvalue weighted by molar-refractivity contribution is -0.205. The minimum absolute atomic E-state index is 0.188. The second kappa shape index (κ2) is 6.26. The van der Waals surface area contributed by atoms with E-state index >= 15 is 0 Å². The highest BCUT2D eigenvalue weighted by Gasteiger charge is 2.46. The molecule has 0 radical (unpaired) electrons. The van der Waals surface area contributed by atoms with Gasteiger partial charge >= 0.3 is 12.1 Å². The van der Waals surface area contributed by atoms with E-state index in [9.17, 15) is 18.0 Å². The molecular weight excluding hydrogens is 233 g/mol. The Balaban J connectivity index is 4.53. The Kier molecular flexibility index (Phi) is 5.99. The van der Waals surface area contributed by atoms with Crippen LogP contribution in [0.3, 0.4) is 0 Å². The summed E-state index contributed by atoms with van der Waals surface area (Å²) in [6, 6.07) is 0. The molecule has 1 atom stereocenters. The van der Waals surface area contributed by atoms with Crippen LogP contribution < -0.4 is 0 Å². The van der Waals surface area contributed by atoms with Crippen LogP contribution in [0.5, 0.6) is 0 Å². The largest absolute Gasteiger partial charge is 0.459 e. The van der Waals surface area contributed by atoms with E-state index in [-0.39, 0.29) is 6.42 Å². The predicted octanol–water partition coefficient (Wildman–Crippen LogP) is 4.09. The van der Waals surface area contributed by atoms with Gasteiger partial charge in [0.25, 0.3) is 0 Å². The molecule has 102 valence electrons. The molecule has 0 aliphatic carbocycles. The zero-order chi connectivity index (χ0) is 13.7. The molecule has 0 fully saturated rings. The summed E-state index contributed by atoms with van der Waals surface area (Å²) in [5.41, 5.74) is -0.884. The second-order valence-corrected chi connectivity index (χ2v) is 5.12. The van der Waals surface area contributed by atoms with Crippen molar-refractivity contribution in [2.75, 3.05) is 0 Å². The van der Waals surface area contributed by atoms with Gasteiger partial charge in [-0.2, -0.15) is 13.2 Å². The summed E-state index contributed by atoms with van der Waals surface area (Å²) in [5.74, 6) is -3.16. The number of rotatable bonds is 5. The first-order valence-electron chi connectivity index (χ1n) is 5.87. The van der Waals surface area contributed by atoms with E-state index < -0.39 is 23.7 Å². The zero-order valence-electron chi connectivity index (χ0n) is 10.9. The Morgan fingerprint density at radius 3 is 2.06 bits per heavy atom. The first kappa shape index (κ1) is 16.3.